The van der Waals surface area contributed by atoms with Crippen molar-refractivity contribution in [2.24, 2.45) is 5.92 Å². The number of amides is 2. The summed E-state index contributed by atoms with van der Waals surface area (Å²) in [6, 6.07) is 4.38. The molecule has 0 aliphatic carbocycles. The fourth-order valence-electron chi connectivity index (χ4n) is 1.85. The van der Waals surface area contributed by atoms with E-state index in [1.165, 1.54) is 23.9 Å². The summed E-state index contributed by atoms with van der Waals surface area (Å²) in [6.07, 6.45) is 0.955. The zero-order valence-electron chi connectivity index (χ0n) is 14.1. The number of hydrogen-bond acceptors (Lipinski definition) is 5. The van der Waals surface area contributed by atoms with Crippen LogP contribution in [0, 0.1) is 16.0 Å². The van der Waals surface area contributed by atoms with Gasteiger partial charge in [-0.15, -0.1) is 11.8 Å². The second-order valence-electron chi connectivity index (χ2n) is 5.61. The van der Waals surface area contributed by atoms with E-state index < -0.39 is 10.8 Å². The van der Waals surface area contributed by atoms with Crippen LogP contribution in [-0.2, 0) is 4.79 Å². The Labute approximate surface area is 145 Å². The Morgan fingerprint density at radius 2 is 2.00 bits per heavy atom. The first-order chi connectivity index (χ1) is 11.3. The first-order valence-electron chi connectivity index (χ1n) is 7.81. The minimum Gasteiger partial charge on any atom is -0.355 e. The summed E-state index contributed by atoms with van der Waals surface area (Å²) in [4.78, 5) is 34.7. The lowest BCUT2D eigenvalue weighted by Gasteiger charge is -2.08. The predicted octanol–water partition coefficient (Wildman–Crippen LogP) is 2.60. The highest BCUT2D eigenvalue weighted by Gasteiger charge is 2.18. The van der Waals surface area contributed by atoms with Crippen molar-refractivity contribution in [1.29, 1.82) is 0 Å². The van der Waals surface area contributed by atoms with Crippen LogP contribution in [0.2, 0.25) is 0 Å². The molecular weight excluding hydrogens is 330 g/mol. The normalized spacial score (nSPS) is 10.5. The Kier molecular flexibility index (Phi) is 8.25. The van der Waals surface area contributed by atoms with E-state index in [9.17, 15) is 19.7 Å². The van der Waals surface area contributed by atoms with Crippen LogP contribution in [0.15, 0.2) is 23.1 Å². The molecule has 24 heavy (non-hydrogen) atoms. The molecule has 2 amide bonds. The van der Waals surface area contributed by atoms with Gasteiger partial charge in [0.25, 0.3) is 11.6 Å². The number of hydrogen-bond donors (Lipinski definition) is 2. The van der Waals surface area contributed by atoms with Crippen molar-refractivity contribution < 1.29 is 14.5 Å². The highest BCUT2D eigenvalue weighted by Crippen LogP contribution is 2.31. The Bertz CT molecular complexity index is 605. The first kappa shape index (κ1) is 20.0. The minimum absolute atomic E-state index is 0.0885. The van der Waals surface area contributed by atoms with Crippen molar-refractivity contribution in [2.75, 3.05) is 18.8 Å². The molecule has 0 aliphatic heterocycles. The summed E-state index contributed by atoms with van der Waals surface area (Å²) in [6.45, 7) is 6.28. The Morgan fingerprint density at radius 1 is 1.29 bits per heavy atom. The topological polar surface area (TPSA) is 101 Å². The Hall–Kier alpha value is -2.09. The Morgan fingerprint density at radius 3 is 2.58 bits per heavy atom. The molecule has 0 aromatic heterocycles. The number of carbonyl (C=O) groups is 2. The zero-order chi connectivity index (χ0) is 18.1. The second kappa shape index (κ2) is 9.92. The van der Waals surface area contributed by atoms with E-state index in [0.717, 1.165) is 12.2 Å². The predicted molar refractivity (Wildman–Crippen MR) is 94.3 cm³/mol. The van der Waals surface area contributed by atoms with Crippen molar-refractivity contribution in [3.05, 3.63) is 33.9 Å². The smallest absolute Gasteiger partial charge is 0.283 e. The largest absolute Gasteiger partial charge is 0.355 e. The van der Waals surface area contributed by atoms with Crippen molar-refractivity contribution in [2.45, 2.75) is 32.1 Å². The lowest BCUT2D eigenvalue weighted by atomic mass is 10.2. The lowest BCUT2D eigenvalue weighted by Crippen LogP contribution is -2.36. The van der Waals surface area contributed by atoms with Crippen molar-refractivity contribution >= 4 is 29.3 Å². The van der Waals surface area contributed by atoms with Gasteiger partial charge in [-0.2, -0.15) is 0 Å². The SMILES string of the molecule is CCNC(=O)CNC(=O)c1ccc(SCCC(C)C)c([N+](=O)[O-])c1. The van der Waals surface area contributed by atoms with Crippen LogP contribution in [0.25, 0.3) is 0 Å². The standard InChI is InChI=1S/C16H23N3O4S/c1-4-17-15(20)10-18-16(21)12-5-6-14(13(9-12)19(22)23)24-8-7-11(2)3/h5-6,9,11H,4,7-8,10H2,1-3H3,(H,17,20)(H,18,21). The molecule has 0 spiro atoms. The van der Waals surface area contributed by atoms with Gasteiger partial charge in [-0.1, -0.05) is 13.8 Å². The molecule has 1 aromatic rings. The number of rotatable bonds is 9. The average molecular weight is 353 g/mol. The number of nitro benzene ring substituents is 1. The molecule has 0 saturated carbocycles. The highest BCUT2D eigenvalue weighted by molar-refractivity contribution is 7.99. The van der Waals surface area contributed by atoms with E-state index in [0.29, 0.717) is 17.4 Å². The van der Waals surface area contributed by atoms with E-state index in [1.807, 2.05) is 0 Å². The van der Waals surface area contributed by atoms with Gasteiger partial charge in [-0.3, -0.25) is 19.7 Å². The third kappa shape index (κ3) is 6.57. The van der Waals surface area contributed by atoms with Crippen molar-refractivity contribution in [3.63, 3.8) is 0 Å². The van der Waals surface area contributed by atoms with Crippen molar-refractivity contribution in [1.82, 2.24) is 10.6 Å². The van der Waals surface area contributed by atoms with Crippen LogP contribution in [0.4, 0.5) is 5.69 Å². The number of benzene rings is 1. The molecule has 0 aliphatic rings. The summed E-state index contributed by atoms with van der Waals surface area (Å²) >= 11 is 1.41. The van der Waals surface area contributed by atoms with Gasteiger partial charge in [0.1, 0.15) is 0 Å². The molecular formula is C16H23N3O4S. The van der Waals surface area contributed by atoms with Crippen molar-refractivity contribution in [3.8, 4) is 0 Å². The van der Waals surface area contributed by atoms with E-state index in [1.54, 1.807) is 13.0 Å². The quantitative estimate of drug-likeness (QED) is 0.404. The van der Waals surface area contributed by atoms with E-state index in [-0.39, 0.29) is 23.7 Å². The third-order valence-electron chi connectivity index (χ3n) is 3.15. The monoisotopic (exact) mass is 353 g/mol. The molecule has 1 rings (SSSR count). The maximum atomic E-state index is 12.0. The van der Waals surface area contributed by atoms with E-state index >= 15 is 0 Å². The summed E-state index contributed by atoms with van der Waals surface area (Å²) in [5.41, 5.74) is 0.0774. The van der Waals surface area contributed by atoms with Crippen LogP contribution in [0.5, 0.6) is 0 Å². The first-order valence-corrected chi connectivity index (χ1v) is 8.79. The van der Waals surface area contributed by atoms with Gasteiger partial charge in [0.2, 0.25) is 5.91 Å². The second-order valence-corrected chi connectivity index (χ2v) is 6.74. The molecule has 0 radical (unpaired) electrons. The van der Waals surface area contributed by atoms with Crippen LogP contribution in [0.3, 0.4) is 0 Å². The molecule has 0 saturated heterocycles. The molecule has 1 aromatic carbocycles. The number of nitrogens with one attached hydrogen (secondary N) is 2. The molecule has 0 fully saturated rings. The number of nitrogens with zero attached hydrogens (tertiary/aromatic N) is 1. The molecule has 2 N–H and O–H groups in total. The maximum Gasteiger partial charge on any atom is 0.283 e. The number of likely N-dealkylation sites (N-methyl/N-ethyl adjacent to an activating group) is 1. The van der Waals surface area contributed by atoms with Gasteiger partial charge in [-0.05, 0) is 37.1 Å². The number of thioether (sulfide) groups is 1. The zero-order valence-corrected chi connectivity index (χ0v) is 14.9. The van der Waals surface area contributed by atoms with Gasteiger partial charge < -0.3 is 10.6 Å². The number of carbonyl (C=O) groups excluding carboxylic acids is 2. The Balaban J connectivity index is 2.79. The molecule has 0 heterocycles. The van der Waals surface area contributed by atoms with Gasteiger partial charge >= 0.3 is 0 Å². The summed E-state index contributed by atoms with van der Waals surface area (Å²) in [5, 5.41) is 16.2. The van der Waals surface area contributed by atoms with Crippen LogP contribution in [0.1, 0.15) is 37.6 Å². The molecule has 0 atom stereocenters. The summed E-state index contributed by atoms with van der Waals surface area (Å²) in [5.74, 6) is 0.487. The third-order valence-corrected chi connectivity index (χ3v) is 4.25. The van der Waals surface area contributed by atoms with Crippen LogP contribution in [-0.4, -0.2) is 35.6 Å². The van der Waals surface area contributed by atoms with Gasteiger partial charge in [0.05, 0.1) is 16.4 Å². The molecule has 8 heteroatoms. The average Bonchev–Trinajstić information content (AvgIpc) is 2.52. The fourth-order valence-corrected chi connectivity index (χ4v) is 3.11. The van der Waals surface area contributed by atoms with E-state index in [2.05, 4.69) is 24.5 Å². The molecule has 7 nitrogen and oxygen atoms in total. The maximum absolute atomic E-state index is 12.0. The number of nitro groups is 1. The highest BCUT2D eigenvalue weighted by atomic mass is 32.2. The summed E-state index contributed by atoms with van der Waals surface area (Å²) < 4.78 is 0. The lowest BCUT2D eigenvalue weighted by molar-refractivity contribution is -0.387. The minimum atomic E-state index is -0.511. The van der Waals surface area contributed by atoms with Crippen LogP contribution < -0.4 is 10.6 Å². The summed E-state index contributed by atoms with van der Waals surface area (Å²) in [7, 11) is 0. The van der Waals surface area contributed by atoms with Gasteiger partial charge in [-0.25, -0.2) is 0 Å². The van der Waals surface area contributed by atoms with Gasteiger partial charge in [0.15, 0.2) is 0 Å². The molecule has 0 bridgehead atoms. The fraction of sp³-hybridized carbons (Fsp3) is 0.500. The molecule has 132 valence electrons. The van der Waals surface area contributed by atoms with Crippen LogP contribution >= 0.6 is 11.8 Å². The van der Waals surface area contributed by atoms with E-state index in [4.69, 9.17) is 0 Å². The molecule has 0 unspecified atom stereocenters. The van der Waals surface area contributed by atoms with Gasteiger partial charge in [0, 0.05) is 18.2 Å².